The molecule has 3 nitrogen and oxygen atoms in total. The molecule has 1 atom stereocenters. The van der Waals surface area contributed by atoms with E-state index < -0.39 is 5.92 Å². The van der Waals surface area contributed by atoms with E-state index in [1.54, 1.807) is 12.2 Å². The van der Waals surface area contributed by atoms with E-state index in [4.69, 9.17) is 5.41 Å². The maximum atomic E-state index is 10.6. The number of ether oxygens (including phenoxy) is 1. The highest BCUT2D eigenvalue weighted by Gasteiger charge is 2.15. The van der Waals surface area contributed by atoms with Gasteiger partial charge in [-0.25, -0.2) is 0 Å². The van der Waals surface area contributed by atoms with Crippen LogP contribution >= 0.6 is 0 Å². The van der Waals surface area contributed by atoms with E-state index in [0.29, 0.717) is 6.61 Å². The Morgan fingerprint density at radius 1 is 1.89 bits per heavy atom. The Balaban J connectivity index is 2.67. The van der Waals surface area contributed by atoms with Gasteiger partial charge in [-0.3, -0.25) is 4.79 Å². The lowest BCUT2D eigenvalue weighted by molar-refractivity contribution is -0.144. The zero-order valence-electron chi connectivity index (χ0n) is 4.83. The van der Waals surface area contributed by atoms with Crippen molar-refractivity contribution in [1.29, 1.82) is 5.41 Å². The van der Waals surface area contributed by atoms with Crippen molar-refractivity contribution in [3.8, 4) is 0 Å². The normalized spacial score (nSPS) is 25.3. The average Bonchev–Trinajstić information content (AvgIpc) is 1.89. The first-order valence-electron chi connectivity index (χ1n) is 2.68. The van der Waals surface area contributed by atoms with Gasteiger partial charge in [-0.1, -0.05) is 12.2 Å². The highest BCUT2D eigenvalue weighted by molar-refractivity contribution is 5.91. The van der Waals surface area contributed by atoms with Crippen LogP contribution in [0.2, 0.25) is 0 Å². The largest absolute Gasteiger partial charge is 0.461 e. The van der Waals surface area contributed by atoms with Crippen molar-refractivity contribution in [3.05, 3.63) is 12.2 Å². The molecule has 0 saturated carbocycles. The monoisotopic (exact) mass is 125 g/mol. The van der Waals surface area contributed by atoms with Gasteiger partial charge >= 0.3 is 5.97 Å². The summed E-state index contributed by atoms with van der Waals surface area (Å²) in [6, 6.07) is 0. The maximum absolute atomic E-state index is 10.6. The van der Waals surface area contributed by atoms with E-state index in [9.17, 15) is 4.79 Å². The Hall–Kier alpha value is -1.12. The molecule has 0 aliphatic carbocycles. The summed E-state index contributed by atoms with van der Waals surface area (Å²) in [6.07, 6.45) is 4.47. The summed E-state index contributed by atoms with van der Waals surface area (Å²) >= 11 is 0. The van der Waals surface area contributed by atoms with Crippen LogP contribution in [0, 0.1) is 11.3 Å². The molecule has 0 aromatic carbocycles. The van der Waals surface area contributed by atoms with Gasteiger partial charge in [0, 0.05) is 6.21 Å². The van der Waals surface area contributed by atoms with Crippen LogP contribution in [0.25, 0.3) is 0 Å². The van der Waals surface area contributed by atoms with Crippen LogP contribution in [-0.4, -0.2) is 18.8 Å². The number of hydrogen-bond acceptors (Lipinski definition) is 3. The maximum Gasteiger partial charge on any atom is 0.318 e. The van der Waals surface area contributed by atoms with Gasteiger partial charge in [0.25, 0.3) is 0 Å². The lowest BCUT2D eigenvalue weighted by Crippen LogP contribution is -2.20. The van der Waals surface area contributed by atoms with Crippen molar-refractivity contribution in [2.45, 2.75) is 0 Å². The van der Waals surface area contributed by atoms with Crippen LogP contribution in [0.5, 0.6) is 0 Å². The number of hydrogen-bond donors (Lipinski definition) is 1. The molecule has 1 N–H and O–H groups in total. The quantitative estimate of drug-likeness (QED) is 0.312. The third-order valence-corrected chi connectivity index (χ3v) is 1.12. The summed E-state index contributed by atoms with van der Waals surface area (Å²) in [7, 11) is 0. The Labute approximate surface area is 52.8 Å². The molecule has 0 bridgehead atoms. The molecule has 1 aliphatic heterocycles. The average molecular weight is 125 g/mol. The molecule has 1 heterocycles. The predicted molar refractivity (Wildman–Crippen MR) is 32.4 cm³/mol. The van der Waals surface area contributed by atoms with Gasteiger partial charge in [0.1, 0.15) is 12.5 Å². The molecule has 0 radical (unpaired) electrons. The van der Waals surface area contributed by atoms with Crippen molar-refractivity contribution < 1.29 is 9.53 Å². The van der Waals surface area contributed by atoms with Crippen molar-refractivity contribution in [1.82, 2.24) is 0 Å². The summed E-state index contributed by atoms with van der Waals surface area (Å²) in [5.41, 5.74) is 0. The topological polar surface area (TPSA) is 50.1 Å². The van der Waals surface area contributed by atoms with E-state index in [2.05, 4.69) is 4.74 Å². The first kappa shape index (κ1) is 6.01. The molecular weight excluding hydrogens is 118 g/mol. The molecule has 0 amide bonds. The summed E-state index contributed by atoms with van der Waals surface area (Å²) in [6.45, 7) is 0.350. The van der Waals surface area contributed by atoms with Crippen LogP contribution in [0.15, 0.2) is 12.2 Å². The molecule has 0 spiro atoms. The first-order valence-corrected chi connectivity index (χ1v) is 2.68. The number of cyclic esters (lactones) is 1. The van der Waals surface area contributed by atoms with Gasteiger partial charge in [-0.2, -0.15) is 0 Å². The van der Waals surface area contributed by atoms with Gasteiger partial charge in [-0.15, -0.1) is 0 Å². The lowest BCUT2D eigenvalue weighted by Gasteiger charge is -2.09. The van der Waals surface area contributed by atoms with Crippen LogP contribution in [0.4, 0.5) is 0 Å². The van der Waals surface area contributed by atoms with Crippen molar-refractivity contribution >= 4 is 12.2 Å². The number of carbonyl (C=O) groups excluding carboxylic acids is 1. The van der Waals surface area contributed by atoms with E-state index in [-0.39, 0.29) is 5.97 Å². The third kappa shape index (κ3) is 1.16. The lowest BCUT2D eigenvalue weighted by atomic mass is 10.1. The minimum absolute atomic E-state index is 0.326. The molecule has 0 aromatic rings. The highest BCUT2D eigenvalue weighted by atomic mass is 16.5. The molecule has 1 aliphatic rings. The fourth-order valence-corrected chi connectivity index (χ4v) is 0.631. The van der Waals surface area contributed by atoms with E-state index in [0.717, 1.165) is 6.21 Å². The zero-order valence-corrected chi connectivity index (χ0v) is 4.83. The first-order chi connectivity index (χ1) is 4.34. The summed E-state index contributed by atoms with van der Waals surface area (Å²) in [5, 5.41) is 6.75. The van der Waals surface area contributed by atoms with E-state index in [1.807, 2.05) is 0 Å². The molecule has 0 aromatic heterocycles. The SMILES string of the molecule is N=CC1C=CCOC1=O. The Kier molecular flexibility index (Phi) is 1.63. The highest BCUT2D eigenvalue weighted by Crippen LogP contribution is 2.03. The van der Waals surface area contributed by atoms with Crippen LogP contribution in [0.1, 0.15) is 0 Å². The molecule has 3 heteroatoms. The summed E-state index contributed by atoms with van der Waals surface area (Å²) in [5.74, 6) is -0.772. The zero-order chi connectivity index (χ0) is 6.69. The fourth-order valence-electron chi connectivity index (χ4n) is 0.631. The Bertz CT molecular complexity index is 162. The minimum Gasteiger partial charge on any atom is -0.461 e. The molecule has 0 saturated heterocycles. The van der Waals surface area contributed by atoms with Crippen molar-refractivity contribution in [3.63, 3.8) is 0 Å². The van der Waals surface area contributed by atoms with Gasteiger partial charge < -0.3 is 10.1 Å². The second-order valence-corrected chi connectivity index (χ2v) is 1.75. The van der Waals surface area contributed by atoms with Gasteiger partial charge in [0.05, 0.1) is 0 Å². The van der Waals surface area contributed by atoms with E-state index >= 15 is 0 Å². The predicted octanol–water partition coefficient (Wildman–Crippen LogP) is 0.365. The van der Waals surface area contributed by atoms with Crippen LogP contribution < -0.4 is 0 Å². The molecule has 48 valence electrons. The van der Waals surface area contributed by atoms with Crippen LogP contribution in [0.3, 0.4) is 0 Å². The molecular formula is C6H7NO2. The Morgan fingerprint density at radius 2 is 2.67 bits per heavy atom. The number of esters is 1. The standard InChI is InChI=1S/C6H7NO2/c7-4-5-2-1-3-9-6(5)8/h1-2,4-5,7H,3H2. The second kappa shape index (κ2) is 2.44. The number of nitrogens with one attached hydrogen (secondary N) is 1. The minimum atomic E-state index is -0.446. The molecule has 1 rings (SSSR count). The van der Waals surface area contributed by atoms with Crippen molar-refractivity contribution in [2.75, 3.05) is 6.61 Å². The summed E-state index contributed by atoms with van der Waals surface area (Å²) in [4.78, 5) is 10.6. The number of carbonyl (C=O) groups is 1. The molecule has 9 heavy (non-hydrogen) atoms. The van der Waals surface area contributed by atoms with Crippen molar-refractivity contribution in [2.24, 2.45) is 5.92 Å². The van der Waals surface area contributed by atoms with Gasteiger partial charge in [0.15, 0.2) is 0 Å². The van der Waals surface area contributed by atoms with Crippen LogP contribution in [-0.2, 0) is 9.53 Å². The van der Waals surface area contributed by atoms with Gasteiger partial charge in [-0.05, 0) is 0 Å². The third-order valence-electron chi connectivity index (χ3n) is 1.12. The summed E-state index contributed by atoms with van der Waals surface area (Å²) < 4.78 is 4.60. The fraction of sp³-hybridized carbons (Fsp3) is 0.333. The molecule has 1 unspecified atom stereocenters. The van der Waals surface area contributed by atoms with E-state index in [1.165, 1.54) is 0 Å². The second-order valence-electron chi connectivity index (χ2n) is 1.75. The Morgan fingerprint density at radius 3 is 3.11 bits per heavy atom. The number of rotatable bonds is 1. The smallest absolute Gasteiger partial charge is 0.318 e. The van der Waals surface area contributed by atoms with Gasteiger partial charge in [0.2, 0.25) is 0 Å². The molecule has 0 fully saturated rings.